The molecule has 2 aromatic carbocycles. The molecule has 0 spiro atoms. The molecular weight excluding hydrogens is 406 g/mol. The molecule has 0 aliphatic carbocycles. The zero-order chi connectivity index (χ0) is 22.5. The van der Waals surface area contributed by atoms with Crippen LogP contribution in [0, 0.1) is 0 Å². The lowest BCUT2D eigenvalue weighted by Crippen LogP contribution is -2.38. The number of hydrogen-bond donors (Lipinski definition) is 2. The number of rotatable bonds is 7. The van der Waals surface area contributed by atoms with E-state index < -0.39 is 0 Å². The van der Waals surface area contributed by atoms with Crippen molar-refractivity contribution in [2.45, 2.75) is 25.4 Å². The number of nitrogens with zero attached hydrogens (tertiary/aromatic N) is 1. The average molecular weight is 438 g/mol. The van der Waals surface area contributed by atoms with Gasteiger partial charge in [0.05, 0.1) is 18.8 Å². The molecule has 2 heterocycles. The first-order valence-corrected chi connectivity index (χ1v) is 11.3. The number of carbonyl (C=O) groups is 2. The van der Waals surface area contributed by atoms with Crippen molar-refractivity contribution in [3.63, 3.8) is 0 Å². The fourth-order valence-corrected chi connectivity index (χ4v) is 4.50. The van der Waals surface area contributed by atoms with E-state index >= 15 is 0 Å². The molecule has 2 aliphatic rings. The van der Waals surface area contributed by atoms with Crippen molar-refractivity contribution < 1.29 is 19.1 Å². The fourth-order valence-electron chi connectivity index (χ4n) is 4.50. The maximum atomic E-state index is 13.0. The van der Waals surface area contributed by atoms with E-state index in [2.05, 4.69) is 27.7 Å². The van der Waals surface area contributed by atoms with Gasteiger partial charge in [-0.2, -0.15) is 0 Å². The van der Waals surface area contributed by atoms with Gasteiger partial charge < -0.3 is 20.1 Å². The highest BCUT2D eigenvalue weighted by molar-refractivity contribution is 6.02. The van der Waals surface area contributed by atoms with E-state index in [1.807, 2.05) is 31.2 Å². The lowest BCUT2D eigenvalue weighted by molar-refractivity contribution is 0.0374. The minimum atomic E-state index is -0.260. The summed E-state index contributed by atoms with van der Waals surface area (Å²) in [5.74, 6) is 0.0914. The van der Waals surface area contributed by atoms with Crippen molar-refractivity contribution >= 4 is 11.8 Å². The molecule has 2 N–H and O–H groups in total. The zero-order valence-electron chi connectivity index (χ0n) is 18.7. The van der Waals surface area contributed by atoms with Crippen molar-refractivity contribution in [3.05, 3.63) is 64.7 Å². The molecule has 2 aliphatic heterocycles. The van der Waals surface area contributed by atoms with Crippen molar-refractivity contribution in [1.82, 2.24) is 15.5 Å². The quantitative estimate of drug-likeness (QED) is 0.651. The topological polar surface area (TPSA) is 79.9 Å². The standard InChI is InChI=1S/C25H31N3O4/c1-17-22(18-7-4-3-5-8-18)20-15-19(16-21(23(20)32-17)25(30)26-2)24(29)27-9-6-10-28-11-13-31-14-12-28/h3-5,7-8,15-17,22H,6,9-14H2,1-2H3,(H,26,30)(H,27,29). The largest absolute Gasteiger partial charge is 0.489 e. The third-order valence-electron chi connectivity index (χ3n) is 6.16. The smallest absolute Gasteiger partial charge is 0.254 e. The highest BCUT2D eigenvalue weighted by atomic mass is 16.5. The van der Waals surface area contributed by atoms with Gasteiger partial charge in [0, 0.05) is 43.7 Å². The van der Waals surface area contributed by atoms with E-state index in [9.17, 15) is 9.59 Å². The summed E-state index contributed by atoms with van der Waals surface area (Å²) in [6.45, 7) is 6.92. The monoisotopic (exact) mass is 437 g/mol. The van der Waals surface area contributed by atoms with Crippen LogP contribution in [0.15, 0.2) is 42.5 Å². The summed E-state index contributed by atoms with van der Waals surface area (Å²) in [4.78, 5) is 27.9. The van der Waals surface area contributed by atoms with Crippen LogP contribution in [0.2, 0.25) is 0 Å². The highest BCUT2D eigenvalue weighted by Gasteiger charge is 2.36. The molecule has 1 saturated heterocycles. The van der Waals surface area contributed by atoms with Crippen LogP contribution in [-0.2, 0) is 4.74 Å². The van der Waals surface area contributed by atoms with E-state index in [1.54, 1.807) is 13.1 Å². The number of carbonyl (C=O) groups excluding carboxylic acids is 2. The van der Waals surface area contributed by atoms with Gasteiger partial charge in [-0.1, -0.05) is 30.3 Å². The second kappa shape index (κ2) is 10.1. The molecule has 2 atom stereocenters. The van der Waals surface area contributed by atoms with E-state index in [1.165, 1.54) is 0 Å². The Morgan fingerprint density at radius 1 is 1.09 bits per heavy atom. The molecular formula is C25H31N3O4. The Bertz CT molecular complexity index is 957. The number of morpholine rings is 1. The third kappa shape index (κ3) is 4.79. The van der Waals surface area contributed by atoms with Crippen LogP contribution < -0.4 is 15.4 Å². The molecule has 0 bridgehead atoms. The van der Waals surface area contributed by atoms with Gasteiger partial charge in [0.25, 0.3) is 11.8 Å². The van der Waals surface area contributed by atoms with Gasteiger partial charge in [0.2, 0.25) is 0 Å². The van der Waals surface area contributed by atoms with E-state index in [-0.39, 0.29) is 23.8 Å². The summed E-state index contributed by atoms with van der Waals surface area (Å²) in [6.07, 6.45) is 0.730. The SMILES string of the molecule is CNC(=O)c1cc(C(=O)NCCCN2CCOCC2)cc2c1OC(C)C2c1ccccc1. The normalized spacial score (nSPS) is 20.3. The molecule has 0 radical (unpaired) electrons. The summed E-state index contributed by atoms with van der Waals surface area (Å²) in [7, 11) is 1.58. The van der Waals surface area contributed by atoms with Gasteiger partial charge >= 0.3 is 0 Å². The summed E-state index contributed by atoms with van der Waals surface area (Å²) < 4.78 is 11.5. The van der Waals surface area contributed by atoms with Crippen LogP contribution in [0.3, 0.4) is 0 Å². The first-order valence-electron chi connectivity index (χ1n) is 11.3. The summed E-state index contributed by atoms with van der Waals surface area (Å²) in [5, 5.41) is 5.68. The first-order chi connectivity index (χ1) is 15.6. The van der Waals surface area contributed by atoms with Gasteiger partial charge in [0.1, 0.15) is 11.9 Å². The molecule has 7 heteroatoms. The van der Waals surface area contributed by atoms with Crippen molar-refractivity contribution in [2.24, 2.45) is 0 Å². The molecule has 0 aromatic heterocycles. The number of ether oxygens (including phenoxy) is 2. The van der Waals surface area contributed by atoms with Crippen LogP contribution in [-0.4, -0.2) is 69.3 Å². The predicted octanol–water partition coefficient (Wildman–Crippen LogP) is 2.41. The summed E-state index contributed by atoms with van der Waals surface area (Å²) >= 11 is 0. The van der Waals surface area contributed by atoms with Gasteiger partial charge in [-0.15, -0.1) is 0 Å². The summed E-state index contributed by atoms with van der Waals surface area (Å²) in [5.41, 5.74) is 2.86. The first kappa shape index (κ1) is 22.3. The number of amides is 2. The number of nitrogens with one attached hydrogen (secondary N) is 2. The molecule has 0 saturated carbocycles. The Balaban J connectivity index is 1.53. The Kier molecular flexibility index (Phi) is 7.07. The molecule has 170 valence electrons. The lowest BCUT2D eigenvalue weighted by atomic mass is 9.87. The van der Waals surface area contributed by atoms with Crippen LogP contribution in [0.5, 0.6) is 5.75 Å². The van der Waals surface area contributed by atoms with Gasteiger partial charge in [0.15, 0.2) is 0 Å². The van der Waals surface area contributed by atoms with Crippen molar-refractivity contribution in [2.75, 3.05) is 46.4 Å². The van der Waals surface area contributed by atoms with Gasteiger partial charge in [-0.3, -0.25) is 14.5 Å². The Morgan fingerprint density at radius 3 is 2.56 bits per heavy atom. The maximum absolute atomic E-state index is 13.0. The Morgan fingerprint density at radius 2 is 1.84 bits per heavy atom. The third-order valence-corrected chi connectivity index (χ3v) is 6.16. The minimum Gasteiger partial charge on any atom is -0.489 e. The molecule has 2 unspecified atom stereocenters. The molecule has 1 fully saturated rings. The van der Waals surface area contributed by atoms with Crippen LogP contribution in [0.1, 0.15) is 51.1 Å². The van der Waals surface area contributed by atoms with E-state index in [0.717, 1.165) is 50.4 Å². The second-order valence-electron chi connectivity index (χ2n) is 8.30. The lowest BCUT2D eigenvalue weighted by Gasteiger charge is -2.26. The molecule has 2 aromatic rings. The Labute approximate surface area is 189 Å². The van der Waals surface area contributed by atoms with E-state index in [4.69, 9.17) is 9.47 Å². The number of benzene rings is 2. The van der Waals surface area contributed by atoms with Crippen molar-refractivity contribution in [1.29, 1.82) is 0 Å². The average Bonchev–Trinajstić information content (AvgIpc) is 3.17. The predicted molar refractivity (Wildman–Crippen MR) is 122 cm³/mol. The van der Waals surface area contributed by atoms with Gasteiger partial charge in [-0.25, -0.2) is 0 Å². The second-order valence-corrected chi connectivity index (χ2v) is 8.30. The zero-order valence-corrected chi connectivity index (χ0v) is 18.7. The van der Waals surface area contributed by atoms with E-state index in [0.29, 0.717) is 23.4 Å². The summed E-state index contributed by atoms with van der Waals surface area (Å²) in [6, 6.07) is 13.6. The van der Waals surface area contributed by atoms with Gasteiger partial charge in [-0.05, 0) is 37.6 Å². The molecule has 4 rings (SSSR count). The number of fused-ring (bicyclic) bond motifs is 1. The number of hydrogen-bond acceptors (Lipinski definition) is 5. The molecule has 2 amide bonds. The molecule has 32 heavy (non-hydrogen) atoms. The highest BCUT2D eigenvalue weighted by Crippen LogP contribution is 2.44. The van der Waals surface area contributed by atoms with Crippen LogP contribution >= 0.6 is 0 Å². The fraction of sp³-hybridized carbons (Fsp3) is 0.440. The van der Waals surface area contributed by atoms with Crippen LogP contribution in [0.25, 0.3) is 0 Å². The Hall–Kier alpha value is -2.90. The minimum absolute atomic E-state index is 0.0383. The maximum Gasteiger partial charge on any atom is 0.254 e. The van der Waals surface area contributed by atoms with Crippen LogP contribution in [0.4, 0.5) is 0 Å². The van der Waals surface area contributed by atoms with Crippen molar-refractivity contribution in [3.8, 4) is 5.75 Å². The molecule has 7 nitrogen and oxygen atoms in total.